The van der Waals surface area contributed by atoms with Gasteiger partial charge < -0.3 is 10.4 Å². The number of aliphatic hydroxyl groups excluding tert-OH is 1. The Labute approximate surface area is 358 Å². The molecule has 4 heteroatoms. The quantitative estimate of drug-likeness (QED) is 0.0602. The first-order valence-corrected chi connectivity index (χ1v) is 26.6. The summed E-state index contributed by atoms with van der Waals surface area (Å²) in [5.41, 5.74) is 0. The number of ketones is 1. The lowest BCUT2D eigenvalue weighted by Gasteiger charge is -2.12. The summed E-state index contributed by atoms with van der Waals surface area (Å²) in [5.74, 6) is 0.603. The zero-order chi connectivity index (χ0) is 41.4. The maximum absolute atomic E-state index is 12.3. The molecule has 0 bridgehead atoms. The van der Waals surface area contributed by atoms with Crippen molar-refractivity contribution in [2.75, 3.05) is 6.54 Å². The van der Waals surface area contributed by atoms with Crippen LogP contribution in [-0.4, -0.2) is 29.4 Å². The van der Waals surface area contributed by atoms with Crippen LogP contribution in [0.4, 0.5) is 0 Å². The molecule has 0 saturated carbocycles. The summed E-state index contributed by atoms with van der Waals surface area (Å²) in [4.78, 5) is 24.5. The largest absolute Gasteiger partial charge is 0.391 e. The lowest BCUT2D eigenvalue weighted by molar-refractivity contribution is -0.121. The van der Waals surface area contributed by atoms with E-state index >= 15 is 0 Å². The van der Waals surface area contributed by atoms with Crippen LogP contribution in [-0.2, 0) is 9.59 Å². The normalized spacial score (nSPS) is 12.1. The van der Waals surface area contributed by atoms with Crippen LogP contribution in [0.2, 0.25) is 0 Å². The van der Waals surface area contributed by atoms with E-state index in [1.54, 1.807) is 0 Å². The molecule has 4 nitrogen and oxygen atoms in total. The average molecular weight is 804 g/mol. The van der Waals surface area contributed by atoms with Gasteiger partial charge in [0.2, 0.25) is 5.91 Å². The maximum Gasteiger partial charge on any atom is 0.220 e. The van der Waals surface area contributed by atoms with Gasteiger partial charge in [0.15, 0.2) is 0 Å². The summed E-state index contributed by atoms with van der Waals surface area (Å²) in [7, 11) is 0. The van der Waals surface area contributed by atoms with Crippen molar-refractivity contribution in [2.45, 2.75) is 322 Å². The Bertz CT molecular complexity index is 784. The minimum absolute atomic E-state index is 0.102. The van der Waals surface area contributed by atoms with Gasteiger partial charge in [0.25, 0.3) is 0 Å². The molecule has 0 aromatic heterocycles. The molecule has 0 saturated heterocycles. The van der Waals surface area contributed by atoms with Crippen molar-refractivity contribution in [1.29, 1.82) is 0 Å². The second kappa shape index (κ2) is 49.5. The highest BCUT2D eigenvalue weighted by atomic mass is 16.3. The fraction of sp³-hybridized carbons (Fsp3) is 0.962. The van der Waals surface area contributed by atoms with Crippen molar-refractivity contribution in [3.8, 4) is 0 Å². The van der Waals surface area contributed by atoms with Crippen molar-refractivity contribution < 1.29 is 14.7 Å². The number of hydrogen-bond donors (Lipinski definition) is 2. The van der Waals surface area contributed by atoms with Gasteiger partial charge in [-0.3, -0.25) is 9.59 Å². The number of amides is 1. The number of aliphatic hydroxyl groups is 1. The molecule has 2 N–H and O–H groups in total. The summed E-state index contributed by atoms with van der Waals surface area (Å²) in [5, 5.41) is 13.2. The van der Waals surface area contributed by atoms with E-state index in [0.29, 0.717) is 18.7 Å². The molecule has 1 amide bonds. The lowest BCUT2D eigenvalue weighted by atomic mass is 10.0. The zero-order valence-electron chi connectivity index (χ0n) is 39.3. The van der Waals surface area contributed by atoms with E-state index in [9.17, 15) is 14.7 Å². The number of nitrogens with one attached hydrogen (secondary N) is 1. The van der Waals surface area contributed by atoms with E-state index < -0.39 is 6.10 Å². The fourth-order valence-electron chi connectivity index (χ4n) is 8.54. The molecule has 0 aromatic rings. The smallest absolute Gasteiger partial charge is 0.220 e. The summed E-state index contributed by atoms with van der Waals surface area (Å²) in [6.07, 6.45) is 59.9. The first-order valence-electron chi connectivity index (χ1n) is 26.6. The second-order valence-corrected chi connectivity index (χ2v) is 18.5. The molecule has 0 radical (unpaired) electrons. The van der Waals surface area contributed by atoms with Crippen LogP contribution < -0.4 is 5.32 Å². The van der Waals surface area contributed by atoms with Gasteiger partial charge >= 0.3 is 0 Å². The third-order valence-corrected chi connectivity index (χ3v) is 12.6. The van der Waals surface area contributed by atoms with Gasteiger partial charge in [-0.25, -0.2) is 0 Å². The Hall–Kier alpha value is -0.900. The van der Waals surface area contributed by atoms with Crippen LogP contribution in [0.25, 0.3) is 0 Å². The summed E-state index contributed by atoms with van der Waals surface area (Å²) >= 11 is 0. The van der Waals surface area contributed by atoms with Crippen molar-refractivity contribution in [3.63, 3.8) is 0 Å². The molecule has 0 spiro atoms. The Balaban J connectivity index is 3.28. The maximum atomic E-state index is 12.3. The highest BCUT2D eigenvalue weighted by Crippen LogP contribution is 2.17. The molecule has 0 fully saturated rings. The van der Waals surface area contributed by atoms with Crippen LogP contribution in [0.3, 0.4) is 0 Å². The van der Waals surface area contributed by atoms with Gasteiger partial charge in [-0.1, -0.05) is 271 Å². The predicted molar refractivity (Wildman–Crippen MR) is 252 cm³/mol. The number of hydrogen-bond acceptors (Lipinski definition) is 3. The van der Waals surface area contributed by atoms with Gasteiger partial charge in [-0.05, 0) is 25.7 Å². The SMILES string of the molecule is CCCCCCCCCCCCCCCCCCCC(=O)CCCCCCCCCCCCCCC(=O)NCC(O)CCCCCCCCCCCCCCCC. The molecular weight excluding hydrogens is 699 g/mol. The highest BCUT2D eigenvalue weighted by molar-refractivity contribution is 5.78. The van der Waals surface area contributed by atoms with Gasteiger partial charge in [-0.15, -0.1) is 0 Å². The number of carbonyl (C=O) groups is 2. The monoisotopic (exact) mass is 804 g/mol. The fourth-order valence-corrected chi connectivity index (χ4v) is 8.54. The Kier molecular flexibility index (Phi) is 48.7. The highest BCUT2D eigenvalue weighted by Gasteiger charge is 2.07. The molecule has 1 atom stereocenters. The van der Waals surface area contributed by atoms with Gasteiger partial charge in [0.05, 0.1) is 6.10 Å². The summed E-state index contributed by atoms with van der Waals surface area (Å²) < 4.78 is 0. The average Bonchev–Trinajstić information content (AvgIpc) is 3.21. The molecule has 1 unspecified atom stereocenters. The Morgan fingerprint density at radius 1 is 0.333 bits per heavy atom. The molecule has 0 rings (SSSR count). The van der Waals surface area contributed by atoms with Crippen molar-refractivity contribution in [3.05, 3.63) is 0 Å². The number of carbonyl (C=O) groups excluding carboxylic acids is 2. The second-order valence-electron chi connectivity index (χ2n) is 18.5. The van der Waals surface area contributed by atoms with Crippen LogP contribution in [0.1, 0.15) is 316 Å². The topological polar surface area (TPSA) is 66.4 Å². The van der Waals surface area contributed by atoms with E-state index in [1.165, 1.54) is 244 Å². The van der Waals surface area contributed by atoms with Crippen molar-refractivity contribution in [2.24, 2.45) is 0 Å². The van der Waals surface area contributed by atoms with E-state index in [1.807, 2.05) is 0 Å². The van der Waals surface area contributed by atoms with E-state index in [0.717, 1.165) is 51.4 Å². The van der Waals surface area contributed by atoms with Gasteiger partial charge in [0, 0.05) is 25.8 Å². The van der Waals surface area contributed by atoms with Crippen molar-refractivity contribution >= 4 is 11.7 Å². The molecular formula is C53H105NO3. The van der Waals surface area contributed by atoms with E-state index in [4.69, 9.17) is 0 Å². The minimum atomic E-state index is -0.399. The standard InChI is InChI=1S/C53H105NO3/c1-3-5-7-9-11-13-15-17-19-20-21-23-26-30-34-38-42-46-51(55)47-43-39-35-31-27-24-25-29-33-37-41-45-49-53(57)54-50-52(56)48-44-40-36-32-28-22-18-16-14-12-10-8-6-4-2/h52,56H,3-50H2,1-2H3,(H,54,57). The zero-order valence-corrected chi connectivity index (χ0v) is 39.3. The van der Waals surface area contributed by atoms with Crippen LogP contribution in [0.15, 0.2) is 0 Å². The third-order valence-electron chi connectivity index (χ3n) is 12.6. The van der Waals surface area contributed by atoms with Gasteiger partial charge in [-0.2, -0.15) is 0 Å². The van der Waals surface area contributed by atoms with E-state index in [-0.39, 0.29) is 5.91 Å². The molecule has 0 heterocycles. The first kappa shape index (κ1) is 56.1. The number of Topliss-reactive ketones (excluding diaryl/α,β-unsaturated/α-hetero) is 1. The first-order chi connectivity index (χ1) is 28.1. The third kappa shape index (κ3) is 49.4. The molecule has 57 heavy (non-hydrogen) atoms. The molecule has 0 aliphatic carbocycles. The van der Waals surface area contributed by atoms with Crippen LogP contribution in [0, 0.1) is 0 Å². The molecule has 0 aliphatic heterocycles. The predicted octanol–water partition coefficient (Wildman–Crippen LogP) is 17.4. The summed E-state index contributed by atoms with van der Waals surface area (Å²) in [6.45, 7) is 4.99. The molecule has 0 aromatic carbocycles. The Morgan fingerprint density at radius 2 is 0.561 bits per heavy atom. The summed E-state index contributed by atoms with van der Waals surface area (Å²) in [6, 6.07) is 0. The molecule has 0 aliphatic rings. The number of rotatable bonds is 50. The molecule has 340 valence electrons. The van der Waals surface area contributed by atoms with Crippen LogP contribution in [0.5, 0.6) is 0 Å². The van der Waals surface area contributed by atoms with Gasteiger partial charge in [0.1, 0.15) is 5.78 Å². The van der Waals surface area contributed by atoms with Crippen molar-refractivity contribution in [1.82, 2.24) is 5.32 Å². The number of unbranched alkanes of at least 4 members (excludes halogenated alkanes) is 40. The minimum Gasteiger partial charge on any atom is -0.391 e. The Morgan fingerprint density at radius 3 is 0.842 bits per heavy atom. The van der Waals surface area contributed by atoms with E-state index in [2.05, 4.69) is 19.2 Å². The lowest BCUT2D eigenvalue weighted by Crippen LogP contribution is -2.31. The van der Waals surface area contributed by atoms with Crippen LogP contribution >= 0.6 is 0 Å².